The SMILES string of the molecule is C=CCOc1ccccc1-c1c(-c2ccccc2)ncn1CCc1cn[nH]c1. The van der Waals surface area contributed by atoms with E-state index in [0.717, 1.165) is 46.8 Å². The predicted octanol–water partition coefficient (Wildman–Crippen LogP) is 4.75. The Labute approximate surface area is 164 Å². The maximum Gasteiger partial charge on any atom is 0.129 e. The number of aromatic nitrogens is 4. The Bertz CT molecular complexity index is 1040. The summed E-state index contributed by atoms with van der Waals surface area (Å²) < 4.78 is 8.12. The summed E-state index contributed by atoms with van der Waals surface area (Å²) in [6.45, 7) is 5.01. The molecule has 0 spiro atoms. The molecule has 2 heterocycles. The molecule has 2 aromatic heterocycles. The summed E-state index contributed by atoms with van der Waals surface area (Å²) in [5, 5.41) is 6.91. The summed E-state index contributed by atoms with van der Waals surface area (Å²) >= 11 is 0. The molecule has 28 heavy (non-hydrogen) atoms. The Hall–Kier alpha value is -3.60. The van der Waals surface area contributed by atoms with E-state index in [1.165, 1.54) is 0 Å². The fourth-order valence-corrected chi connectivity index (χ4v) is 3.24. The molecule has 5 nitrogen and oxygen atoms in total. The van der Waals surface area contributed by atoms with Gasteiger partial charge in [0.15, 0.2) is 0 Å². The molecule has 2 aromatic carbocycles. The van der Waals surface area contributed by atoms with Gasteiger partial charge in [0.25, 0.3) is 0 Å². The summed E-state index contributed by atoms with van der Waals surface area (Å²) in [4.78, 5) is 4.75. The van der Waals surface area contributed by atoms with E-state index in [-0.39, 0.29) is 0 Å². The van der Waals surface area contributed by atoms with Crippen molar-refractivity contribution in [3.63, 3.8) is 0 Å². The summed E-state index contributed by atoms with van der Waals surface area (Å²) in [5.74, 6) is 0.824. The molecule has 1 N–H and O–H groups in total. The monoisotopic (exact) mass is 370 g/mol. The van der Waals surface area contributed by atoms with Crippen molar-refractivity contribution in [2.24, 2.45) is 0 Å². The van der Waals surface area contributed by atoms with Gasteiger partial charge in [-0.25, -0.2) is 4.98 Å². The van der Waals surface area contributed by atoms with Crippen LogP contribution in [0.2, 0.25) is 0 Å². The molecule has 4 rings (SSSR count). The standard InChI is InChI=1S/C23H22N4O/c1-2-14-28-21-11-7-6-10-20(21)23-22(19-8-4-3-5-9-19)24-17-27(23)13-12-18-15-25-26-16-18/h2-11,15-17H,1,12-14H2,(H,25,26). The Morgan fingerprint density at radius 1 is 1.07 bits per heavy atom. The fraction of sp³-hybridized carbons (Fsp3) is 0.130. The highest BCUT2D eigenvalue weighted by Gasteiger charge is 2.18. The van der Waals surface area contributed by atoms with Gasteiger partial charge in [-0.15, -0.1) is 0 Å². The zero-order chi connectivity index (χ0) is 19.2. The molecule has 0 unspecified atom stereocenters. The van der Waals surface area contributed by atoms with Crippen molar-refractivity contribution in [3.05, 3.63) is 91.5 Å². The average molecular weight is 370 g/mol. The van der Waals surface area contributed by atoms with E-state index in [1.807, 2.05) is 55.1 Å². The van der Waals surface area contributed by atoms with E-state index in [0.29, 0.717) is 6.61 Å². The lowest BCUT2D eigenvalue weighted by Crippen LogP contribution is -2.04. The second kappa shape index (κ2) is 8.39. The molecule has 0 atom stereocenters. The number of rotatable bonds is 8. The molecule has 5 heteroatoms. The third kappa shape index (κ3) is 3.74. The van der Waals surface area contributed by atoms with Gasteiger partial charge in [-0.1, -0.05) is 55.1 Å². The number of aryl methyl sites for hydroxylation is 2. The number of aromatic amines is 1. The van der Waals surface area contributed by atoms with Crippen molar-refractivity contribution >= 4 is 0 Å². The van der Waals surface area contributed by atoms with Gasteiger partial charge in [-0.05, 0) is 24.1 Å². The first kappa shape index (κ1) is 17.8. The predicted molar refractivity (Wildman–Crippen MR) is 111 cm³/mol. The van der Waals surface area contributed by atoms with Gasteiger partial charge in [-0.2, -0.15) is 5.10 Å². The van der Waals surface area contributed by atoms with Crippen LogP contribution in [0, 0.1) is 0 Å². The third-order valence-corrected chi connectivity index (χ3v) is 4.58. The first-order valence-electron chi connectivity index (χ1n) is 9.28. The topological polar surface area (TPSA) is 55.7 Å². The molecule has 0 aliphatic heterocycles. The molecule has 4 aromatic rings. The highest BCUT2D eigenvalue weighted by Crippen LogP contribution is 2.36. The summed E-state index contributed by atoms with van der Waals surface area (Å²) in [6.07, 6.45) is 8.31. The molecule has 0 amide bonds. The third-order valence-electron chi connectivity index (χ3n) is 4.58. The van der Waals surface area contributed by atoms with E-state index in [4.69, 9.17) is 9.72 Å². The van der Waals surface area contributed by atoms with E-state index < -0.39 is 0 Å². The highest BCUT2D eigenvalue weighted by molar-refractivity contribution is 5.81. The number of hydrogen-bond acceptors (Lipinski definition) is 3. The van der Waals surface area contributed by atoms with Crippen LogP contribution in [-0.4, -0.2) is 26.4 Å². The van der Waals surface area contributed by atoms with Crippen molar-refractivity contribution in [1.82, 2.24) is 19.7 Å². The van der Waals surface area contributed by atoms with E-state index in [9.17, 15) is 0 Å². The minimum absolute atomic E-state index is 0.459. The van der Waals surface area contributed by atoms with Crippen molar-refractivity contribution in [2.45, 2.75) is 13.0 Å². The first-order valence-corrected chi connectivity index (χ1v) is 9.28. The van der Waals surface area contributed by atoms with Gasteiger partial charge in [-0.3, -0.25) is 5.10 Å². The number of benzene rings is 2. The first-order chi connectivity index (χ1) is 13.9. The zero-order valence-corrected chi connectivity index (χ0v) is 15.6. The Balaban J connectivity index is 1.79. The van der Waals surface area contributed by atoms with Crippen LogP contribution in [-0.2, 0) is 13.0 Å². The van der Waals surface area contributed by atoms with Crippen LogP contribution in [0.3, 0.4) is 0 Å². The molecule has 0 aliphatic carbocycles. The normalized spacial score (nSPS) is 10.7. The van der Waals surface area contributed by atoms with E-state index >= 15 is 0 Å². The number of ether oxygens (including phenoxy) is 1. The quantitative estimate of drug-likeness (QED) is 0.456. The van der Waals surface area contributed by atoms with Gasteiger partial charge >= 0.3 is 0 Å². The summed E-state index contributed by atoms with van der Waals surface area (Å²) in [6, 6.07) is 18.3. The number of imidazole rings is 1. The van der Waals surface area contributed by atoms with Gasteiger partial charge in [0.05, 0.1) is 23.9 Å². The maximum atomic E-state index is 5.93. The molecule has 0 saturated heterocycles. The molecule has 0 radical (unpaired) electrons. The van der Waals surface area contributed by atoms with Crippen LogP contribution in [0.25, 0.3) is 22.5 Å². The Morgan fingerprint density at radius 3 is 2.68 bits per heavy atom. The van der Waals surface area contributed by atoms with Crippen molar-refractivity contribution in [3.8, 4) is 28.3 Å². The molecular weight excluding hydrogens is 348 g/mol. The number of nitrogens with one attached hydrogen (secondary N) is 1. The van der Waals surface area contributed by atoms with Crippen LogP contribution < -0.4 is 4.74 Å². The second-order valence-corrected chi connectivity index (χ2v) is 6.45. The maximum absolute atomic E-state index is 5.93. The minimum Gasteiger partial charge on any atom is -0.489 e. The highest BCUT2D eigenvalue weighted by atomic mass is 16.5. The summed E-state index contributed by atoms with van der Waals surface area (Å²) in [7, 11) is 0. The fourth-order valence-electron chi connectivity index (χ4n) is 3.24. The minimum atomic E-state index is 0.459. The molecule has 0 aliphatic rings. The van der Waals surface area contributed by atoms with Crippen molar-refractivity contribution in [1.29, 1.82) is 0 Å². The lowest BCUT2D eigenvalue weighted by Gasteiger charge is -2.14. The van der Waals surface area contributed by atoms with Gasteiger partial charge < -0.3 is 9.30 Å². The van der Waals surface area contributed by atoms with Crippen LogP contribution in [0.5, 0.6) is 5.75 Å². The largest absolute Gasteiger partial charge is 0.489 e. The van der Waals surface area contributed by atoms with Crippen LogP contribution in [0.4, 0.5) is 0 Å². The lowest BCUT2D eigenvalue weighted by molar-refractivity contribution is 0.364. The van der Waals surface area contributed by atoms with Crippen LogP contribution in [0.1, 0.15) is 5.56 Å². The molecule has 0 saturated carbocycles. The number of nitrogens with zero attached hydrogens (tertiary/aromatic N) is 3. The zero-order valence-electron chi connectivity index (χ0n) is 15.6. The van der Waals surface area contributed by atoms with Gasteiger partial charge in [0.2, 0.25) is 0 Å². The Kier molecular flexibility index (Phi) is 5.33. The molecule has 0 fully saturated rings. The van der Waals surface area contributed by atoms with Gasteiger partial charge in [0, 0.05) is 23.9 Å². The van der Waals surface area contributed by atoms with Crippen LogP contribution in [0.15, 0.2) is 86.0 Å². The molecule has 140 valence electrons. The van der Waals surface area contributed by atoms with E-state index in [2.05, 4.69) is 39.5 Å². The molecular formula is C23H22N4O. The number of hydrogen-bond donors (Lipinski definition) is 1. The number of H-pyrrole nitrogens is 1. The smallest absolute Gasteiger partial charge is 0.129 e. The second-order valence-electron chi connectivity index (χ2n) is 6.45. The average Bonchev–Trinajstić information content (AvgIpc) is 3.41. The van der Waals surface area contributed by atoms with Gasteiger partial charge in [0.1, 0.15) is 12.4 Å². The Morgan fingerprint density at radius 2 is 1.89 bits per heavy atom. The molecule has 0 bridgehead atoms. The van der Waals surface area contributed by atoms with E-state index in [1.54, 1.807) is 6.08 Å². The summed E-state index contributed by atoms with van der Waals surface area (Å²) in [5.41, 5.74) is 5.26. The lowest BCUT2D eigenvalue weighted by atomic mass is 10.0. The number of para-hydroxylation sites is 1. The van der Waals surface area contributed by atoms with Crippen molar-refractivity contribution in [2.75, 3.05) is 6.61 Å². The van der Waals surface area contributed by atoms with Crippen molar-refractivity contribution < 1.29 is 4.74 Å². The van der Waals surface area contributed by atoms with Crippen LogP contribution >= 0.6 is 0 Å².